The van der Waals surface area contributed by atoms with E-state index in [0.29, 0.717) is 13.2 Å². The smallest absolute Gasteiger partial charge is 0.242 e. The predicted octanol–water partition coefficient (Wildman–Crippen LogP) is 2.58. The Morgan fingerprint density at radius 3 is 2.57 bits per heavy atom. The van der Waals surface area contributed by atoms with Gasteiger partial charge in [0.2, 0.25) is 5.91 Å². The minimum absolute atomic E-state index is 0.0851. The molecule has 0 atom stereocenters. The van der Waals surface area contributed by atoms with E-state index in [-0.39, 0.29) is 5.91 Å². The highest BCUT2D eigenvalue weighted by molar-refractivity contribution is 5.86. The molecule has 0 aromatic heterocycles. The number of hydrogen-bond acceptors (Lipinski definition) is 3. The second-order valence-electron chi connectivity index (χ2n) is 5.96. The number of likely N-dealkylation sites (N-methyl/N-ethyl adjacent to an activating group) is 1. The molecule has 116 valence electrons. The average molecular weight is 290 g/mol. The summed E-state index contributed by atoms with van der Waals surface area (Å²) in [5.74, 6) is 0.955. The van der Waals surface area contributed by atoms with Gasteiger partial charge in [0.05, 0.1) is 12.1 Å². The number of amides is 1. The molecule has 1 saturated carbocycles. The fourth-order valence-corrected chi connectivity index (χ4v) is 2.89. The molecular formula is C17H26N2O2. The standard InChI is InChI=1S/C17H26N2O2/c1-19(16(20)17(18)11-6-3-7-12-17)13-8-14-21-15-9-4-2-5-10-15/h2,4-5,9-10H,3,6-8,11-14,18H2,1H3. The quantitative estimate of drug-likeness (QED) is 0.819. The summed E-state index contributed by atoms with van der Waals surface area (Å²) in [6.07, 6.45) is 5.77. The first-order valence-electron chi connectivity index (χ1n) is 7.84. The molecule has 1 aromatic carbocycles. The van der Waals surface area contributed by atoms with Crippen molar-refractivity contribution < 1.29 is 9.53 Å². The third kappa shape index (κ3) is 4.46. The highest BCUT2D eigenvalue weighted by Crippen LogP contribution is 2.27. The molecule has 1 aromatic rings. The summed E-state index contributed by atoms with van der Waals surface area (Å²) in [5, 5.41) is 0. The third-order valence-electron chi connectivity index (χ3n) is 4.17. The highest BCUT2D eigenvalue weighted by atomic mass is 16.5. The summed E-state index contributed by atoms with van der Waals surface area (Å²) in [4.78, 5) is 14.2. The highest BCUT2D eigenvalue weighted by Gasteiger charge is 2.36. The molecule has 4 nitrogen and oxygen atoms in total. The number of ether oxygens (including phenoxy) is 1. The number of nitrogens with two attached hydrogens (primary N) is 1. The first kappa shape index (κ1) is 15.8. The van der Waals surface area contributed by atoms with Gasteiger partial charge in [-0.25, -0.2) is 0 Å². The van der Waals surface area contributed by atoms with Crippen LogP contribution in [0.15, 0.2) is 30.3 Å². The van der Waals surface area contributed by atoms with E-state index >= 15 is 0 Å². The first-order valence-corrected chi connectivity index (χ1v) is 7.84. The summed E-state index contributed by atoms with van der Waals surface area (Å²) in [5.41, 5.74) is 5.64. The number of carbonyl (C=O) groups excluding carboxylic acids is 1. The summed E-state index contributed by atoms with van der Waals surface area (Å²) in [6, 6.07) is 9.74. The Kier molecular flexibility index (Phi) is 5.62. The van der Waals surface area contributed by atoms with Crippen molar-refractivity contribution >= 4 is 5.91 Å². The summed E-state index contributed by atoms with van der Waals surface area (Å²) in [6.45, 7) is 1.30. The molecule has 0 spiro atoms. The molecule has 0 unspecified atom stereocenters. The number of nitrogens with zero attached hydrogens (tertiary/aromatic N) is 1. The minimum atomic E-state index is -0.632. The van der Waals surface area contributed by atoms with Gasteiger partial charge in [0.1, 0.15) is 5.75 Å². The summed E-state index contributed by atoms with van der Waals surface area (Å²) >= 11 is 0. The fraction of sp³-hybridized carbons (Fsp3) is 0.588. The van der Waals surface area contributed by atoms with Crippen LogP contribution in [0.1, 0.15) is 38.5 Å². The predicted molar refractivity (Wildman–Crippen MR) is 84.2 cm³/mol. The van der Waals surface area contributed by atoms with E-state index in [1.807, 2.05) is 37.4 Å². The van der Waals surface area contributed by atoms with Crippen molar-refractivity contribution in [2.75, 3.05) is 20.2 Å². The van der Waals surface area contributed by atoms with E-state index in [9.17, 15) is 4.79 Å². The van der Waals surface area contributed by atoms with Gasteiger partial charge in [-0.15, -0.1) is 0 Å². The summed E-state index contributed by atoms with van der Waals surface area (Å²) < 4.78 is 5.64. The lowest BCUT2D eigenvalue weighted by Gasteiger charge is -2.35. The normalized spacial score (nSPS) is 17.2. The zero-order valence-electron chi connectivity index (χ0n) is 12.9. The lowest BCUT2D eigenvalue weighted by atomic mass is 9.81. The molecule has 1 fully saturated rings. The third-order valence-corrected chi connectivity index (χ3v) is 4.17. The molecule has 1 aliphatic carbocycles. The molecule has 1 amide bonds. The Hall–Kier alpha value is -1.55. The molecule has 1 aliphatic rings. The van der Waals surface area contributed by atoms with Crippen LogP contribution in [-0.4, -0.2) is 36.5 Å². The van der Waals surface area contributed by atoms with Crippen LogP contribution in [0, 0.1) is 0 Å². The van der Waals surface area contributed by atoms with Gasteiger partial charge < -0.3 is 15.4 Å². The van der Waals surface area contributed by atoms with E-state index in [0.717, 1.165) is 37.9 Å². The maximum Gasteiger partial charge on any atom is 0.242 e. The van der Waals surface area contributed by atoms with Crippen molar-refractivity contribution in [1.82, 2.24) is 4.90 Å². The van der Waals surface area contributed by atoms with Gasteiger partial charge in [0.25, 0.3) is 0 Å². The van der Waals surface area contributed by atoms with Crippen LogP contribution in [0.4, 0.5) is 0 Å². The number of rotatable bonds is 6. The van der Waals surface area contributed by atoms with Crippen LogP contribution < -0.4 is 10.5 Å². The first-order chi connectivity index (χ1) is 10.1. The molecule has 21 heavy (non-hydrogen) atoms. The van der Waals surface area contributed by atoms with Gasteiger partial charge >= 0.3 is 0 Å². The Morgan fingerprint density at radius 1 is 1.24 bits per heavy atom. The number of hydrogen-bond donors (Lipinski definition) is 1. The zero-order valence-corrected chi connectivity index (χ0v) is 12.9. The Balaban J connectivity index is 1.71. The molecule has 0 radical (unpaired) electrons. The Morgan fingerprint density at radius 2 is 1.90 bits per heavy atom. The topological polar surface area (TPSA) is 55.6 Å². The maximum atomic E-state index is 12.4. The van der Waals surface area contributed by atoms with Crippen LogP contribution in [0.25, 0.3) is 0 Å². The van der Waals surface area contributed by atoms with Crippen LogP contribution in [-0.2, 0) is 4.79 Å². The molecule has 0 bridgehead atoms. The largest absolute Gasteiger partial charge is 0.494 e. The maximum absolute atomic E-state index is 12.4. The number of carbonyl (C=O) groups is 1. The summed E-state index contributed by atoms with van der Waals surface area (Å²) in [7, 11) is 1.84. The van der Waals surface area contributed by atoms with E-state index in [1.165, 1.54) is 6.42 Å². The van der Waals surface area contributed by atoms with E-state index in [4.69, 9.17) is 10.5 Å². The van der Waals surface area contributed by atoms with Crippen LogP contribution in [0.2, 0.25) is 0 Å². The van der Waals surface area contributed by atoms with Crippen molar-refractivity contribution in [2.45, 2.75) is 44.1 Å². The molecule has 4 heteroatoms. The van der Waals surface area contributed by atoms with E-state index in [1.54, 1.807) is 4.90 Å². The monoisotopic (exact) mass is 290 g/mol. The second-order valence-corrected chi connectivity index (χ2v) is 5.96. The fourth-order valence-electron chi connectivity index (χ4n) is 2.89. The van der Waals surface area contributed by atoms with Crippen molar-refractivity contribution in [2.24, 2.45) is 5.73 Å². The molecule has 0 saturated heterocycles. The van der Waals surface area contributed by atoms with Gasteiger partial charge in [-0.3, -0.25) is 4.79 Å². The van der Waals surface area contributed by atoms with Crippen LogP contribution in [0.3, 0.4) is 0 Å². The van der Waals surface area contributed by atoms with Gasteiger partial charge in [0, 0.05) is 13.6 Å². The average Bonchev–Trinajstić information content (AvgIpc) is 2.52. The van der Waals surface area contributed by atoms with Gasteiger partial charge in [-0.05, 0) is 31.4 Å². The molecule has 0 aliphatic heterocycles. The van der Waals surface area contributed by atoms with Crippen molar-refractivity contribution in [3.05, 3.63) is 30.3 Å². The van der Waals surface area contributed by atoms with Crippen LogP contribution >= 0.6 is 0 Å². The van der Waals surface area contributed by atoms with Gasteiger partial charge in [-0.1, -0.05) is 37.5 Å². The van der Waals surface area contributed by atoms with Crippen molar-refractivity contribution in [1.29, 1.82) is 0 Å². The van der Waals surface area contributed by atoms with Crippen molar-refractivity contribution in [3.8, 4) is 5.75 Å². The Bertz CT molecular complexity index is 441. The molecule has 0 heterocycles. The van der Waals surface area contributed by atoms with Gasteiger partial charge in [0.15, 0.2) is 0 Å². The SMILES string of the molecule is CN(CCCOc1ccccc1)C(=O)C1(N)CCCCC1. The van der Waals surface area contributed by atoms with Crippen LogP contribution in [0.5, 0.6) is 5.75 Å². The molecule has 2 rings (SSSR count). The minimum Gasteiger partial charge on any atom is -0.494 e. The van der Waals surface area contributed by atoms with Gasteiger partial charge in [-0.2, -0.15) is 0 Å². The van der Waals surface area contributed by atoms with E-state index < -0.39 is 5.54 Å². The zero-order chi connectivity index (χ0) is 15.1. The lowest BCUT2D eigenvalue weighted by molar-refractivity contribution is -0.137. The lowest BCUT2D eigenvalue weighted by Crippen LogP contribution is -2.55. The molecule has 2 N–H and O–H groups in total. The van der Waals surface area contributed by atoms with E-state index in [2.05, 4.69) is 0 Å². The number of benzene rings is 1. The Labute approximate surface area is 127 Å². The molecular weight excluding hydrogens is 264 g/mol. The number of para-hydroxylation sites is 1. The van der Waals surface area contributed by atoms with Crippen molar-refractivity contribution in [3.63, 3.8) is 0 Å². The second kappa shape index (κ2) is 7.46.